The lowest BCUT2D eigenvalue weighted by Crippen LogP contribution is -2.34. The molecule has 64 heavy (non-hydrogen) atoms. The highest BCUT2D eigenvalue weighted by Crippen LogP contribution is 2.50. The minimum Gasteiger partial charge on any atom is -0.307 e. The Balaban J connectivity index is 1.10. The van der Waals surface area contributed by atoms with Crippen molar-refractivity contribution in [2.75, 3.05) is 0 Å². The smallest absolute Gasteiger partial charge is 0.238 e. The van der Waals surface area contributed by atoms with E-state index in [1.54, 1.807) is 0 Å². The van der Waals surface area contributed by atoms with Crippen molar-refractivity contribution in [3.05, 3.63) is 199 Å². The van der Waals surface area contributed by atoms with Gasteiger partial charge in [0.15, 0.2) is 11.6 Å². The molecule has 0 fully saturated rings. The molecule has 1 aliphatic carbocycles. The van der Waals surface area contributed by atoms with E-state index in [0.29, 0.717) is 17.6 Å². The molecule has 5 nitrogen and oxygen atoms in total. The van der Waals surface area contributed by atoms with Crippen LogP contribution in [0.25, 0.3) is 100 Å². The molecule has 12 rings (SSSR count). The van der Waals surface area contributed by atoms with Crippen LogP contribution in [-0.4, -0.2) is 24.1 Å². The Morgan fingerprint density at radius 1 is 0.391 bits per heavy atom. The molecular formula is C59H47N5. The Hall–Kier alpha value is -7.63. The van der Waals surface area contributed by atoms with E-state index in [1.165, 1.54) is 57.0 Å². The standard InChI is InChI=1S/C59H47N5/c1-58(2)34-35-59(3,4)52-44(28-17-29-49(52)58)42-24-15-22-40(36-42)41-23-16-25-43(37-41)63-50-30-13-11-26-45(50)47-32-33-48-46-27-12-14-31-51(46)64(54(48)53(47)63)57-61-55(38-18-7-5-8-19-38)60-56(62-57)39-20-9-6-10-21-39/h5-33,36-37H,34-35H2,1-4H3. The molecule has 1 aliphatic rings. The predicted molar refractivity (Wildman–Crippen MR) is 266 cm³/mol. The van der Waals surface area contributed by atoms with Crippen LogP contribution in [0.15, 0.2) is 188 Å². The van der Waals surface area contributed by atoms with Gasteiger partial charge in [0.05, 0.1) is 22.1 Å². The second kappa shape index (κ2) is 14.5. The van der Waals surface area contributed by atoms with Crippen molar-refractivity contribution in [1.82, 2.24) is 24.1 Å². The maximum absolute atomic E-state index is 5.30. The summed E-state index contributed by atoms with van der Waals surface area (Å²) in [5.41, 5.74) is 15.4. The van der Waals surface area contributed by atoms with Crippen molar-refractivity contribution in [3.8, 4) is 56.7 Å². The van der Waals surface area contributed by atoms with Crippen LogP contribution in [0.2, 0.25) is 0 Å². The van der Waals surface area contributed by atoms with Gasteiger partial charge in [-0.15, -0.1) is 0 Å². The first-order valence-electron chi connectivity index (χ1n) is 22.4. The molecule has 0 saturated carbocycles. The fraction of sp³-hybridized carbons (Fsp3) is 0.136. The molecule has 5 heteroatoms. The molecule has 0 N–H and O–H groups in total. The van der Waals surface area contributed by atoms with E-state index in [2.05, 4.69) is 188 Å². The van der Waals surface area contributed by atoms with E-state index in [-0.39, 0.29) is 10.8 Å². The van der Waals surface area contributed by atoms with E-state index in [9.17, 15) is 0 Å². The Morgan fingerprint density at radius 3 is 1.55 bits per heavy atom. The topological polar surface area (TPSA) is 48.5 Å². The molecule has 308 valence electrons. The summed E-state index contributed by atoms with van der Waals surface area (Å²) >= 11 is 0. The van der Waals surface area contributed by atoms with Crippen molar-refractivity contribution < 1.29 is 0 Å². The molecule has 0 aliphatic heterocycles. The maximum atomic E-state index is 5.30. The summed E-state index contributed by atoms with van der Waals surface area (Å²) in [6.45, 7) is 9.65. The summed E-state index contributed by atoms with van der Waals surface area (Å²) in [6, 6.07) is 67.5. The van der Waals surface area contributed by atoms with Crippen LogP contribution < -0.4 is 0 Å². The normalized spacial score (nSPS) is 14.4. The zero-order valence-corrected chi connectivity index (χ0v) is 36.5. The first-order chi connectivity index (χ1) is 31.2. The van der Waals surface area contributed by atoms with Gasteiger partial charge in [-0.25, -0.2) is 4.98 Å². The molecule has 0 spiro atoms. The lowest BCUT2D eigenvalue weighted by Gasteiger charge is -2.43. The van der Waals surface area contributed by atoms with Crippen LogP contribution in [-0.2, 0) is 10.8 Å². The van der Waals surface area contributed by atoms with Crippen LogP contribution in [0.1, 0.15) is 51.7 Å². The Morgan fingerprint density at radius 2 is 0.891 bits per heavy atom. The highest BCUT2D eigenvalue weighted by atomic mass is 15.2. The number of rotatable bonds is 6. The average Bonchev–Trinajstić information content (AvgIpc) is 3.87. The third kappa shape index (κ3) is 6.02. The van der Waals surface area contributed by atoms with Gasteiger partial charge in [0, 0.05) is 38.4 Å². The van der Waals surface area contributed by atoms with Gasteiger partial charge >= 0.3 is 0 Å². The van der Waals surface area contributed by atoms with Crippen molar-refractivity contribution in [3.63, 3.8) is 0 Å². The molecule has 3 aromatic heterocycles. The zero-order valence-electron chi connectivity index (χ0n) is 36.5. The monoisotopic (exact) mass is 825 g/mol. The van der Waals surface area contributed by atoms with Crippen molar-refractivity contribution in [2.24, 2.45) is 0 Å². The zero-order chi connectivity index (χ0) is 43.2. The molecule has 0 bridgehead atoms. The van der Waals surface area contributed by atoms with Gasteiger partial charge in [0.25, 0.3) is 0 Å². The number of para-hydroxylation sites is 2. The van der Waals surface area contributed by atoms with E-state index >= 15 is 0 Å². The van der Waals surface area contributed by atoms with Crippen molar-refractivity contribution in [1.29, 1.82) is 0 Å². The molecule has 0 unspecified atom stereocenters. The van der Waals surface area contributed by atoms with Gasteiger partial charge in [-0.2, -0.15) is 9.97 Å². The Labute approximate surface area is 373 Å². The quantitative estimate of drug-likeness (QED) is 0.168. The number of benzene rings is 8. The van der Waals surface area contributed by atoms with Gasteiger partial charge in [-0.05, 0) is 87.4 Å². The number of nitrogens with zero attached hydrogens (tertiary/aromatic N) is 5. The third-order valence-corrected chi connectivity index (χ3v) is 13.8. The molecule has 0 radical (unpaired) electrons. The highest BCUT2D eigenvalue weighted by Gasteiger charge is 2.38. The van der Waals surface area contributed by atoms with Gasteiger partial charge in [-0.3, -0.25) is 4.57 Å². The molecule has 0 atom stereocenters. The molecule has 3 heterocycles. The summed E-state index contributed by atoms with van der Waals surface area (Å²) in [5, 5.41) is 4.63. The molecule has 0 amide bonds. The van der Waals surface area contributed by atoms with E-state index in [1.807, 2.05) is 36.4 Å². The summed E-state index contributed by atoms with van der Waals surface area (Å²) in [4.78, 5) is 15.7. The van der Waals surface area contributed by atoms with Crippen molar-refractivity contribution in [2.45, 2.75) is 51.4 Å². The molecule has 11 aromatic rings. The third-order valence-electron chi connectivity index (χ3n) is 13.8. The minimum absolute atomic E-state index is 0.0925. The number of fused-ring (bicyclic) bond motifs is 8. The maximum Gasteiger partial charge on any atom is 0.238 e. The van der Waals surface area contributed by atoms with Gasteiger partial charge < -0.3 is 4.57 Å². The van der Waals surface area contributed by atoms with Gasteiger partial charge in [-0.1, -0.05) is 185 Å². The van der Waals surface area contributed by atoms with Gasteiger partial charge in [0.1, 0.15) is 0 Å². The van der Waals surface area contributed by atoms with E-state index < -0.39 is 0 Å². The lowest BCUT2D eigenvalue weighted by atomic mass is 9.61. The SMILES string of the molecule is CC1(C)CCC(C)(C)c2c(-c3cccc(-c4cccc(-n5c6ccccc6c6ccc7c8ccccc8n(-c8nc(-c9ccccc9)nc(-c9ccccc9)n8)c7c65)c4)c3)cccc21. The fourth-order valence-electron chi connectivity index (χ4n) is 10.5. The summed E-state index contributed by atoms with van der Waals surface area (Å²) in [7, 11) is 0. The minimum atomic E-state index is 0.0925. The van der Waals surface area contributed by atoms with Crippen LogP contribution in [0, 0.1) is 0 Å². The first-order valence-corrected chi connectivity index (χ1v) is 22.4. The summed E-state index contributed by atoms with van der Waals surface area (Å²) in [5.74, 6) is 1.83. The summed E-state index contributed by atoms with van der Waals surface area (Å²) in [6.07, 6.45) is 2.37. The number of hydrogen-bond donors (Lipinski definition) is 0. The number of hydrogen-bond acceptors (Lipinski definition) is 3. The molecular weight excluding hydrogens is 779 g/mol. The Kier molecular flexibility index (Phi) is 8.61. The van der Waals surface area contributed by atoms with Gasteiger partial charge in [0.2, 0.25) is 5.95 Å². The largest absolute Gasteiger partial charge is 0.307 e. The second-order valence-electron chi connectivity index (χ2n) is 18.7. The predicted octanol–water partition coefficient (Wildman–Crippen LogP) is 15.1. The average molecular weight is 826 g/mol. The van der Waals surface area contributed by atoms with E-state index in [0.717, 1.165) is 49.7 Å². The number of aromatic nitrogens is 5. The van der Waals surface area contributed by atoms with Crippen LogP contribution in [0.4, 0.5) is 0 Å². The first kappa shape index (κ1) is 38.1. The van der Waals surface area contributed by atoms with Crippen LogP contribution in [0.5, 0.6) is 0 Å². The molecule has 8 aromatic carbocycles. The summed E-state index contributed by atoms with van der Waals surface area (Å²) < 4.78 is 4.71. The molecule has 0 saturated heterocycles. The fourth-order valence-corrected chi connectivity index (χ4v) is 10.5. The van der Waals surface area contributed by atoms with Crippen LogP contribution in [0.3, 0.4) is 0 Å². The van der Waals surface area contributed by atoms with Crippen molar-refractivity contribution >= 4 is 43.6 Å². The Bertz CT molecular complexity index is 3550. The highest BCUT2D eigenvalue weighted by molar-refractivity contribution is 6.23. The second-order valence-corrected chi connectivity index (χ2v) is 18.7. The van der Waals surface area contributed by atoms with Crippen LogP contribution >= 0.6 is 0 Å². The van der Waals surface area contributed by atoms with E-state index in [4.69, 9.17) is 15.0 Å². The lowest BCUT2D eigenvalue weighted by molar-refractivity contribution is 0.333.